The zero-order chi connectivity index (χ0) is 15.5. The summed E-state index contributed by atoms with van der Waals surface area (Å²) in [5.41, 5.74) is 1.60. The molecule has 1 aromatic carbocycles. The maximum atomic E-state index is 12.5. The number of amides is 2. The van der Waals surface area contributed by atoms with Crippen LogP contribution < -0.4 is 15.5 Å². The number of hydrogen-bond acceptors (Lipinski definition) is 5. The first-order valence-corrected chi connectivity index (χ1v) is 7.93. The molecule has 0 saturated heterocycles. The van der Waals surface area contributed by atoms with E-state index in [2.05, 4.69) is 15.6 Å². The third-order valence-corrected chi connectivity index (χ3v) is 4.17. The molecule has 22 heavy (non-hydrogen) atoms. The SMILES string of the molecule is CCC1Nc2ccccc2N(CC(=O)Nc2nccs2)C1=O. The zero-order valence-electron chi connectivity index (χ0n) is 12.1. The highest BCUT2D eigenvalue weighted by Gasteiger charge is 2.32. The van der Waals surface area contributed by atoms with E-state index in [4.69, 9.17) is 0 Å². The number of fused-ring (bicyclic) bond motifs is 1. The number of benzene rings is 1. The van der Waals surface area contributed by atoms with Gasteiger partial charge in [-0.25, -0.2) is 4.98 Å². The van der Waals surface area contributed by atoms with Crippen molar-refractivity contribution in [3.05, 3.63) is 35.8 Å². The number of para-hydroxylation sites is 2. The molecule has 0 bridgehead atoms. The largest absolute Gasteiger partial charge is 0.372 e. The van der Waals surface area contributed by atoms with Crippen LogP contribution in [0.1, 0.15) is 13.3 Å². The smallest absolute Gasteiger partial charge is 0.250 e. The highest BCUT2D eigenvalue weighted by molar-refractivity contribution is 7.13. The Hall–Kier alpha value is -2.41. The standard InChI is InChI=1S/C15H16N4O2S/c1-2-10-14(21)19(12-6-4-3-5-11(12)17-10)9-13(20)18-15-16-7-8-22-15/h3-8,10,17H,2,9H2,1H3,(H,16,18,20). The van der Waals surface area contributed by atoms with Crippen molar-refractivity contribution >= 4 is 39.7 Å². The number of aromatic nitrogens is 1. The number of carbonyl (C=O) groups is 2. The van der Waals surface area contributed by atoms with Crippen molar-refractivity contribution in [2.75, 3.05) is 22.1 Å². The summed E-state index contributed by atoms with van der Waals surface area (Å²) in [4.78, 5) is 30.2. The lowest BCUT2D eigenvalue weighted by Gasteiger charge is -2.34. The van der Waals surface area contributed by atoms with Gasteiger partial charge in [0.1, 0.15) is 12.6 Å². The van der Waals surface area contributed by atoms with Crippen LogP contribution in [0, 0.1) is 0 Å². The van der Waals surface area contributed by atoms with E-state index >= 15 is 0 Å². The van der Waals surface area contributed by atoms with Gasteiger partial charge in [0.15, 0.2) is 5.13 Å². The Balaban J connectivity index is 1.81. The maximum absolute atomic E-state index is 12.5. The van der Waals surface area contributed by atoms with Crippen LogP contribution in [0.15, 0.2) is 35.8 Å². The van der Waals surface area contributed by atoms with Gasteiger partial charge < -0.3 is 10.6 Å². The molecule has 2 aromatic rings. The molecule has 0 aliphatic carbocycles. The van der Waals surface area contributed by atoms with Crippen molar-refractivity contribution in [1.29, 1.82) is 0 Å². The van der Waals surface area contributed by atoms with Gasteiger partial charge in [-0.2, -0.15) is 0 Å². The van der Waals surface area contributed by atoms with Gasteiger partial charge in [-0.05, 0) is 18.6 Å². The van der Waals surface area contributed by atoms with Crippen molar-refractivity contribution < 1.29 is 9.59 Å². The fourth-order valence-electron chi connectivity index (χ4n) is 2.41. The lowest BCUT2D eigenvalue weighted by molar-refractivity contribution is -0.122. The molecule has 3 rings (SSSR count). The summed E-state index contributed by atoms with van der Waals surface area (Å²) < 4.78 is 0. The quantitative estimate of drug-likeness (QED) is 0.908. The zero-order valence-corrected chi connectivity index (χ0v) is 12.9. The van der Waals surface area contributed by atoms with Crippen molar-refractivity contribution in [1.82, 2.24) is 4.98 Å². The summed E-state index contributed by atoms with van der Waals surface area (Å²) >= 11 is 1.35. The summed E-state index contributed by atoms with van der Waals surface area (Å²) in [6.45, 7) is 1.92. The second-order valence-corrected chi connectivity index (χ2v) is 5.83. The van der Waals surface area contributed by atoms with Gasteiger partial charge in [0, 0.05) is 11.6 Å². The lowest BCUT2D eigenvalue weighted by Crippen LogP contribution is -2.49. The van der Waals surface area contributed by atoms with Crippen LogP contribution in [0.2, 0.25) is 0 Å². The molecule has 1 unspecified atom stereocenters. The minimum absolute atomic E-state index is 0.0202. The van der Waals surface area contributed by atoms with E-state index < -0.39 is 0 Å². The third-order valence-electron chi connectivity index (χ3n) is 3.48. The van der Waals surface area contributed by atoms with Crippen LogP contribution in [-0.4, -0.2) is 29.4 Å². The van der Waals surface area contributed by atoms with Gasteiger partial charge in [0.05, 0.1) is 11.4 Å². The number of carbonyl (C=O) groups excluding carboxylic acids is 2. The Morgan fingerprint density at radius 3 is 3.00 bits per heavy atom. The summed E-state index contributed by atoms with van der Waals surface area (Å²) in [5, 5.41) is 8.24. The van der Waals surface area contributed by atoms with Gasteiger partial charge in [-0.1, -0.05) is 19.1 Å². The van der Waals surface area contributed by atoms with Gasteiger partial charge in [0.25, 0.3) is 0 Å². The number of nitrogens with zero attached hydrogens (tertiary/aromatic N) is 2. The molecule has 0 spiro atoms. The molecule has 2 heterocycles. The minimum atomic E-state index is -0.303. The Bertz CT molecular complexity index is 687. The van der Waals surface area contributed by atoms with E-state index in [9.17, 15) is 9.59 Å². The van der Waals surface area contributed by atoms with E-state index in [0.717, 1.165) is 11.4 Å². The van der Waals surface area contributed by atoms with Crippen LogP contribution in [0.5, 0.6) is 0 Å². The number of anilines is 3. The van der Waals surface area contributed by atoms with Crippen molar-refractivity contribution in [3.8, 4) is 0 Å². The first-order chi connectivity index (χ1) is 10.7. The minimum Gasteiger partial charge on any atom is -0.372 e. The molecule has 7 heteroatoms. The molecule has 1 aliphatic rings. The average Bonchev–Trinajstić information content (AvgIpc) is 3.02. The molecule has 0 fully saturated rings. The molecule has 2 N–H and O–H groups in total. The Labute approximate surface area is 132 Å². The predicted octanol–water partition coefficient (Wildman–Crippen LogP) is 2.32. The fraction of sp³-hybridized carbons (Fsp3) is 0.267. The first-order valence-electron chi connectivity index (χ1n) is 7.05. The number of thiazole rings is 1. The first kappa shape index (κ1) is 14.5. The van der Waals surface area contributed by atoms with Gasteiger partial charge >= 0.3 is 0 Å². The normalized spacial score (nSPS) is 16.9. The fourth-order valence-corrected chi connectivity index (χ4v) is 2.96. The molecule has 0 saturated carbocycles. The van der Waals surface area contributed by atoms with E-state index in [1.807, 2.05) is 31.2 Å². The van der Waals surface area contributed by atoms with Crippen LogP contribution in [-0.2, 0) is 9.59 Å². The summed E-state index contributed by atoms with van der Waals surface area (Å²) in [7, 11) is 0. The highest BCUT2D eigenvalue weighted by Crippen LogP contribution is 2.31. The Kier molecular flexibility index (Phi) is 4.06. The molecule has 114 valence electrons. The molecule has 0 radical (unpaired) electrons. The van der Waals surface area contributed by atoms with Crippen molar-refractivity contribution in [3.63, 3.8) is 0 Å². The lowest BCUT2D eigenvalue weighted by atomic mass is 10.1. The summed E-state index contributed by atoms with van der Waals surface area (Å²) in [6.07, 6.45) is 2.29. The highest BCUT2D eigenvalue weighted by atomic mass is 32.1. The summed E-state index contributed by atoms with van der Waals surface area (Å²) in [6, 6.07) is 7.20. The summed E-state index contributed by atoms with van der Waals surface area (Å²) in [5.74, 6) is -0.342. The van der Waals surface area contributed by atoms with Crippen LogP contribution in [0.25, 0.3) is 0 Å². The molecule has 1 aliphatic heterocycles. The van der Waals surface area contributed by atoms with Gasteiger partial charge in [0.2, 0.25) is 11.8 Å². The third kappa shape index (κ3) is 2.80. The van der Waals surface area contributed by atoms with E-state index in [0.29, 0.717) is 11.6 Å². The molecule has 1 aromatic heterocycles. The van der Waals surface area contributed by atoms with Crippen LogP contribution >= 0.6 is 11.3 Å². The number of nitrogens with one attached hydrogen (secondary N) is 2. The van der Waals surface area contributed by atoms with Gasteiger partial charge in [-0.15, -0.1) is 11.3 Å². The second kappa shape index (κ2) is 6.15. The molecule has 1 atom stereocenters. The molecule has 2 amide bonds. The van der Waals surface area contributed by atoms with E-state index in [-0.39, 0.29) is 24.4 Å². The molecular weight excluding hydrogens is 300 g/mol. The van der Waals surface area contributed by atoms with Crippen molar-refractivity contribution in [2.45, 2.75) is 19.4 Å². The van der Waals surface area contributed by atoms with Crippen LogP contribution in [0.3, 0.4) is 0 Å². The van der Waals surface area contributed by atoms with E-state index in [1.54, 1.807) is 11.6 Å². The maximum Gasteiger partial charge on any atom is 0.250 e. The predicted molar refractivity (Wildman–Crippen MR) is 87.2 cm³/mol. The van der Waals surface area contributed by atoms with Gasteiger partial charge in [-0.3, -0.25) is 14.5 Å². The Morgan fingerprint density at radius 1 is 1.45 bits per heavy atom. The average molecular weight is 316 g/mol. The molecule has 6 nitrogen and oxygen atoms in total. The second-order valence-electron chi connectivity index (χ2n) is 4.93. The Morgan fingerprint density at radius 2 is 2.27 bits per heavy atom. The van der Waals surface area contributed by atoms with Crippen LogP contribution in [0.4, 0.5) is 16.5 Å². The monoisotopic (exact) mass is 316 g/mol. The topological polar surface area (TPSA) is 74.3 Å². The number of hydrogen-bond donors (Lipinski definition) is 2. The van der Waals surface area contributed by atoms with Crippen molar-refractivity contribution in [2.24, 2.45) is 0 Å². The van der Waals surface area contributed by atoms with E-state index in [1.165, 1.54) is 16.2 Å². The number of rotatable bonds is 4. The molecular formula is C15H16N4O2S.